The van der Waals surface area contributed by atoms with Gasteiger partial charge in [-0.1, -0.05) is 0 Å². The molecule has 0 radical (unpaired) electrons. The first kappa shape index (κ1) is 27.9. The third-order valence-corrected chi connectivity index (χ3v) is 9.29. The summed E-state index contributed by atoms with van der Waals surface area (Å²) >= 11 is 0. The first-order chi connectivity index (χ1) is 11.2. The van der Waals surface area contributed by atoms with E-state index in [0.717, 1.165) is 6.92 Å². The van der Waals surface area contributed by atoms with Crippen molar-refractivity contribution in [1.29, 1.82) is 0 Å². The fourth-order valence-corrected chi connectivity index (χ4v) is 7.57. The molecule has 0 aliphatic carbocycles. The Bertz CT molecular complexity index is 584. The molecule has 16 nitrogen and oxygen atoms in total. The summed E-state index contributed by atoms with van der Waals surface area (Å²) in [5.41, 5.74) is -6.65. The number of carbonyl (C=O) groups excluding carboxylic acids is 1. The molecule has 0 aliphatic heterocycles. The standard InChI is InChI=1S/C4H13NO13P4.C2H4O2/c6-2-1-5(3(19(7,8)9)20(10,11)12)4(21(13,14)15)22(16,17)18;1-2(3)4/h2-4H,1H2,(H2,7,8,9)(H2,10,11,12)(H2,13,14,15)(H2,16,17,18);1H3,(H,3,4). The Kier molecular flexibility index (Phi) is 10.5. The van der Waals surface area contributed by atoms with Gasteiger partial charge in [0.2, 0.25) is 11.0 Å². The molecule has 9 N–H and O–H groups in total. The van der Waals surface area contributed by atoms with Gasteiger partial charge in [-0.05, 0) is 0 Å². The summed E-state index contributed by atoms with van der Waals surface area (Å²) in [4.78, 5) is 90.5. The summed E-state index contributed by atoms with van der Waals surface area (Å²) in [7, 11) is -23.4. The zero-order valence-electron chi connectivity index (χ0n) is 12.6. The van der Waals surface area contributed by atoms with E-state index < -0.39 is 58.8 Å². The summed E-state index contributed by atoms with van der Waals surface area (Å²) in [5.74, 6) is -0.833. The van der Waals surface area contributed by atoms with Crippen molar-refractivity contribution < 1.29 is 72.1 Å². The van der Waals surface area contributed by atoms with Crippen molar-refractivity contribution in [3.63, 3.8) is 0 Å². The van der Waals surface area contributed by atoms with Crippen LogP contribution in [0.2, 0.25) is 0 Å². The number of hydrogen-bond donors (Lipinski definition) is 9. The lowest BCUT2D eigenvalue weighted by Crippen LogP contribution is -2.44. The number of rotatable bonds is 8. The molecule has 0 saturated carbocycles. The molecule has 0 spiro atoms. The van der Waals surface area contributed by atoms with E-state index in [-0.39, 0.29) is 6.29 Å². The Hall–Kier alpha value is -0.300. The Morgan fingerprint density at radius 3 is 1.12 bits per heavy atom. The lowest BCUT2D eigenvalue weighted by molar-refractivity contribution is -0.134. The van der Waals surface area contributed by atoms with Crippen LogP contribution < -0.4 is 0 Å². The van der Waals surface area contributed by atoms with E-state index in [1.54, 1.807) is 0 Å². The van der Waals surface area contributed by atoms with Gasteiger partial charge in [0.05, 0.1) is 6.54 Å². The summed E-state index contributed by atoms with van der Waals surface area (Å²) < 4.78 is 44.8. The van der Waals surface area contributed by atoms with Crippen molar-refractivity contribution >= 4 is 42.6 Å². The second-order valence-corrected chi connectivity index (χ2v) is 11.9. The Morgan fingerprint density at radius 2 is 1.00 bits per heavy atom. The van der Waals surface area contributed by atoms with Crippen LogP contribution in [0.1, 0.15) is 6.92 Å². The van der Waals surface area contributed by atoms with E-state index in [1.165, 1.54) is 0 Å². The molecule has 0 aromatic heterocycles. The minimum Gasteiger partial charge on any atom is -0.481 e. The van der Waals surface area contributed by atoms with Gasteiger partial charge in [-0.3, -0.25) is 23.1 Å². The summed E-state index contributed by atoms with van der Waals surface area (Å²) in [6.45, 7) is -0.387. The molecule has 26 heavy (non-hydrogen) atoms. The maximum atomic E-state index is 11.2. The van der Waals surface area contributed by atoms with E-state index in [4.69, 9.17) is 49.0 Å². The molecule has 0 unspecified atom stereocenters. The monoisotopic (exact) mass is 467 g/mol. The van der Waals surface area contributed by atoms with Crippen LogP contribution in [0, 0.1) is 0 Å². The van der Waals surface area contributed by atoms with Crippen LogP contribution in [-0.2, 0) is 27.8 Å². The lowest BCUT2D eigenvalue weighted by atomic mass is 10.7. The molecule has 0 heterocycles. The van der Waals surface area contributed by atoms with Crippen LogP contribution in [0.3, 0.4) is 0 Å². The first-order valence-electron chi connectivity index (χ1n) is 5.77. The normalized spacial score (nSPS) is 13.5. The molecule has 0 aliphatic rings. The smallest absolute Gasteiger partial charge is 0.355 e. The first-order valence-corrected chi connectivity index (χ1v) is 12.5. The SMILES string of the molecule is CC(=O)O.O=CCN(C(P(=O)(O)O)P(=O)(O)O)C(P(=O)(O)O)P(=O)(O)O. The predicted molar refractivity (Wildman–Crippen MR) is 81.8 cm³/mol. The van der Waals surface area contributed by atoms with Gasteiger partial charge in [-0.25, -0.2) is 4.90 Å². The van der Waals surface area contributed by atoms with Gasteiger partial charge in [-0.2, -0.15) is 0 Å². The van der Waals surface area contributed by atoms with Crippen LogP contribution >= 0.6 is 30.4 Å². The Morgan fingerprint density at radius 1 is 0.808 bits per heavy atom. The third kappa shape index (κ3) is 10.1. The van der Waals surface area contributed by atoms with Gasteiger partial charge in [0.25, 0.3) is 5.97 Å². The molecule has 20 heteroatoms. The number of aliphatic carboxylic acids is 1. The van der Waals surface area contributed by atoms with Crippen LogP contribution in [0.15, 0.2) is 0 Å². The second kappa shape index (κ2) is 9.76. The molecule has 0 fully saturated rings. The molecule has 0 aromatic carbocycles. The van der Waals surface area contributed by atoms with Crippen LogP contribution in [0.5, 0.6) is 0 Å². The van der Waals surface area contributed by atoms with E-state index in [1.807, 2.05) is 0 Å². The highest BCUT2D eigenvalue weighted by Gasteiger charge is 2.58. The van der Waals surface area contributed by atoms with Crippen LogP contribution in [-0.4, -0.2) is 79.0 Å². The summed E-state index contributed by atoms with van der Waals surface area (Å²) in [6, 6.07) is 0. The van der Waals surface area contributed by atoms with Crippen LogP contribution in [0.25, 0.3) is 0 Å². The highest BCUT2D eigenvalue weighted by Crippen LogP contribution is 2.68. The predicted octanol–water partition coefficient (Wildman–Crippen LogP) is -2.14. The average Bonchev–Trinajstić information content (AvgIpc) is 2.18. The van der Waals surface area contributed by atoms with Gasteiger partial charge in [0.15, 0.2) is 0 Å². The maximum Gasteiger partial charge on any atom is 0.355 e. The highest BCUT2D eigenvalue weighted by atomic mass is 31.2. The lowest BCUT2D eigenvalue weighted by Gasteiger charge is -2.36. The molecular weight excluding hydrogens is 450 g/mol. The molecule has 0 saturated heterocycles. The molecule has 0 bridgehead atoms. The minimum absolute atomic E-state index is 0.295. The molecule has 0 atom stereocenters. The third-order valence-electron chi connectivity index (χ3n) is 2.08. The molecule has 0 rings (SSSR count). The molecular formula is C6H17NO15P4. The Balaban J connectivity index is 0. The van der Waals surface area contributed by atoms with Gasteiger partial charge >= 0.3 is 30.4 Å². The second-order valence-electron chi connectivity index (χ2n) is 4.43. The number of nitrogens with zero attached hydrogens (tertiary/aromatic N) is 1. The molecule has 0 amide bonds. The van der Waals surface area contributed by atoms with Crippen molar-refractivity contribution in [2.45, 2.75) is 18.0 Å². The zero-order valence-corrected chi connectivity index (χ0v) is 16.2. The minimum atomic E-state index is -5.86. The summed E-state index contributed by atoms with van der Waals surface area (Å²) in [6.07, 6.45) is -0.295. The van der Waals surface area contributed by atoms with Gasteiger partial charge in [-0.15, -0.1) is 0 Å². The van der Waals surface area contributed by atoms with Gasteiger partial charge in [0, 0.05) is 6.92 Å². The quantitative estimate of drug-likeness (QED) is 0.136. The van der Waals surface area contributed by atoms with Crippen molar-refractivity contribution in [2.75, 3.05) is 6.54 Å². The van der Waals surface area contributed by atoms with Crippen molar-refractivity contribution in [2.24, 2.45) is 0 Å². The highest BCUT2D eigenvalue weighted by molar-refractivity contribution is 7.72. The molecule has 0 aromatic rings. The van der Waals surface area contributed by atoms with E-state index in [9.17, 15) is 23.1 Å². The average molecular weight is 467 g/mol. The fourth-order valence-electron chi connectivity index (χ4n) is 1.56. The zero-order chi connectivity index (χ0) is 21.7. The number of hydrogen-bond acceptors (Lipinski definition) is 7. The van der Waals surface area contributed by atoms with Crippen LogP contribution in [0.4, 0.5) is 0 Å². The van der Waals surface area contributed by atoms with Crippen molar-refractivity contribution in [1.82, 2.24) is 4.90 Å². The maximum absolute atomic E-state index is 11.2. The number of aldehydes is 1. The van der Waals surface area contributed by atoms with Gasteiger partial charge < -0.3 is 49.0 Å². The van der Waals surface area contributed by atoms with E-state index in [0.29, 0.717) is 0 Å². The fraction of sp³-hybridized carbons (Fsp3) is 0.667. The van der Waals surface area contributed by atoms with Crippen molar-refractivity contribution in [3.8, 4) is 0 Å². The number of carboxylic acid groups (broad SMARTS) is 1. The summed E-state index contributed by atoms with van der Waals surface area (Å²) in [5, 5.41) is 7.42. The number of carbonyl (C=O) groups is 2. The van der Waals surface area contributed by atoms with Gasteiger partial charge in [0.1, 0.15) is 6.29 Å². The molecule has 156 valence electrons. The Labute approximate surface area is 145 Å². The van der Waals surface area contributed by atoms with E-state index in [2.05, 4.69) is 0 Å². The number of carboxylic acids is 1. The topological polar surface area (TPSA) is 288 Å². The van der Waals surface area contributed by atoms with E-state index >= 15 is 0 Å². The largest absolute Gasteiger partial charge is 0.481 e. The van der Waals surface area contributed by atoms with Crippen molar-refractivity contribution in [3.05, 3.63) is 0 Å².